The highest BCUT2D eigenvalue weighted by Crippen LogP contribution is 2.17. The van der Waals surface area contributed by atoms with E-state index in [1.165, 1.54) is 12.7 Å². The van der Waals surface area contributed by atoms with Crippen molar-refractivity contribution in [1.82, 2.24) is 24.4 Å². The van der Waals surface area contributed by atoms with E-state index in [-0.39, 0.29) is 0 Å². The van der Waals surface area contributed by atoms with Crippen LogP contribution in [0.15, 0.2) is 18.9 Å². The quantitative estimate of drug-likeness (QED) is 0.743. The molecule has 0 bridgehead atoms. The molecule has 2 aromatic heterocycles. The number of imidazole rings is 1. The van der Waals surface area contributed by atoms with Gasteiger partial charge in [-0.25, -0.2) is 15.0 Å². The maximum atomic E-state index is 9.11. The predicted octanol–water partition coefficient (Wildman–Crippen LogP) is 0.292. The van der Waals surface area contributed by atoms with Crippen LogP contribution in [0.25, 0.3) is 16.9 Å². The van der Waals surface area contributed by atoms with Crippen molar-refractivity contribution in [2.24, 2.45) is 0 Å². The summed E-state index contributed by atoms with van der Waals surface area (Å²) in [6, 6.07) is 2.09. The number of nitriles is 1. The zero-order chi connectivity index (χ0) is 12.4. The van der Waals surface area contributed by atoms with Crippen LogP contribution >= 0.6 is 0 Å². The number of anilines is 1. The molecular formula is C10H11N7. The minimum Gasteiger partial charge on any atom is -0.382 e. The number of nitrogen functional groups attached to an aromatic ring is 1. The van der Waals surface area contributed by atoms with Crippen molar-refractivity contribution < 1.29 is 0 Å². The second-order valence-corrected chi connectivity index (χ2v) is 3.64. The summed E-state index contributed by atoms with van der Waals surface area (Å²) in [6.45, 7) is 0. The molecule has 0 saturated carbocycles. The van der Waals surface area contributed by atoms with E-state index in [0.29, 0.717) is 22.7 Å². The van der Waals surface area contributed by atoms with Gasteiger partial charge >= 0.3 is 0 Å². The molecule has 0 fully saturated rings. The standard InChI is InChI=1S/C10H11N7/c1-16(2)4-7(3-11)17-6-15-8-9(12)13-5-14-10(8)17/h4-6H,1-2H3,(H2,12,13,14)/b7-4+. The Morgan fingerprint density at radius 3 is 2.88 bits per heavy atom. The van der Waals surface area contributed by atoms with Gasteiger partial charge in [-0.15, -0.1) is 0 Å². The van der Waals surface area contributed by atoms with Crippen molar-refractivity contribution in [2.75, 3.05) is 19.8 Å². The molecule has 0 unspecified atom stereocenters. The Morgan fingerprint density at radius 2 is 2.24 bits per heavy atom. The Morgan fingerprint density at radius 1 is 1.47 bits per heavy atom. The highest BCUT2D eigenvalue weighted by Gasteiger charge is 2.10. The SMILES string of the molecule is CN(C)/C=C(\C#N)n1cnc2c(N)ncnc21. The zero-order valence-electron chi connectivity index (χ0n) is 9.49. The molecule has 2 aromatic rings. The van der Waals surface area contributed by atoms with Gasteiger partial charge in [-0.2, -0.15) is 5.26 Å². The predicted molar refractivity (Wildman–Crippen MR) is 63.3 cm³/mol. The molecule has 7 nitrogen and oxygen atoms in total. The smallest absolute Gasteiger partial charge is 0.170 e. The van der Waals surface area contributed by atoms with E-state index in [1.807, 2.05) is 14.1 Å². The summed E-state index contributed by atoms with van der Waals surface area (Å²) in [7, 11) is 3.67. The van der Waals surface area contributed by atoms with Gasteiger partial charge < -0.3 is 10.6 Å². The number of aromatic nitrogens is 4. The first-order valence-electron chi connectivity index (χ1n) is 4.85. The number of hydrogen-bond donors (Lipinski definition) is 1. The van der Waals surface area contributed by atoms with Gasteiger partial charge in [-0.3, -0.25) is 4.57 Å². The van der Waals surface area contributed by atoms with E-state index in [0.717, 1.165) is 0 Å². The molecule has 0 amide bonds. The van der Waals surface area contributed by atoms with Gasteiger partial charge in [0.1, 0.15) is 24.4 Å². The zero-order valence-corrected chi connectivity index (χ0v) is 9.49. The van der Waals surface area contributed by atoms with Crippen LogP contribution in [-0.4, -0.2) is 38.5 Å². The lowest BCUT2D eigenvalue weighted by Gasteiger charge is -2.07. The maximum absolute atomic E-state index is 9.11. The van der Waals surface area contributed by atoms with Crippen LogP contribution in [-0.2, 0) is 0 Å². The summed E-state index contributed by atoms with van der Waals surface area (Å²) in [5.41, 5.74) is 7.10. The molecule has 2 N–H and O–H groups in total. The molecule has 2 heterocycles. The van der Waals surface area contributed by atoms with E-state index in [2.05, 4.69) is 21.0 Å². The summed E-state index contributed by atoms with van der Waals surface area (Å²) >= 11 is 0. The Hall–Kier alpha value is -2.62. The highest BCUT2D eigenvalue weighted by molar-refractivity contribution is 5.85. The third-order valence-electron chi connectivity index (χ3n) is 2.12. The summed E-state index contributed by atoms with van der Waals surface area (Å²) in [6.07, 6.45) is 4.54. The Labute approximate surface area is 97.8 Å². The minimum atomic E-state index is 0.302. The fourth-order valence-electron chi connectivity index (χ4n) is 1.42. The number of fused-ring (bicyclic) bond motifs is 1. The van der Waals surface area contributed by atoms with Gasteiger partial charge in [0, 0.05) is 20.3 Å². The monoisotopic (exact) mass is 229 g/mol. The van der Waals surface area contributed by atoms with Gasteiger partial charge in [0.25, 0.3) is 0 Å². The number of rotatable bonds is 2. The number of nitrogens with zero attached hydrogens (tertiary/aromatic N) is 6. The van der Waals surface area contributed by atoms with E-state index in [4.69, 9.17) is 11.0 Å². The number of allylic oxidation sites excluding steroid dienone is 1. The summed E-state index contributed by atoms with van der Waals surface area (Å²) in [4.78, 5) is 13.8. The van der Waals surface area contributed by atoms with E-state index < -0.39 is 0 Å². The van der Waals surface area contributed by atoms with Gasteiger partial charge in [0.05, 0.1) is 0 Å². The molecule has 0 aliphatic rings. The van der Waals surface area contributed by atoms with Crippen molar-refractivity contribution in [3.05, 3.63) is 18.9 Å². The normalized spacial score (nSPS) is 11.5. The summed E-state index contributed by atoms with van der Waals surface area (Å²) < 4.78 is 1.58. The fourth-order valence-corrected chi connectivity index (χ4v) is 1.42. The largest absolute Gasteiger partial charge is 0.382 e. The van der Waals surface area contributed by atoms with Crippen LogP contribution in [0.3, 0.4) is 0 Å². The molecule has 0 spiro atoms. The average molecular weight is 229 g/mol. The molecule has 0 saturated heterocycles. The first kappa shape index (κ1) is 10.9. The second kappa shape index (κ2) is 4.09. The molecular weight excluding hydrogens is 218 g/mol. The Balaban J connectivity index is 2.65. The molecule has 0 radical (unpaired) electrons. The van der Waals surface area contributed by atoms with Crippen LogP contribution in [0.5, 0.6) is 0 Å². The number of nitrogens with two attached hydrogens (primary N) is 1. The average Bonchev–Trinajstić information content (AvgIpc) is 2.71. The summed E-state index contributed by atoms with van der Waals surface area (Å²) in [5.74, 6) is 0.302. The molecule has 0 atom stereocenters. The minimum absolute atomic E-state index is 0.302. The van der Waals surface area contributed by atoms with Gasteiger partial charge in [-0.05, 0) is 0 Å². The van der Waals surface area contributed by atoms with Gasteiger partial charge in [0.2, 0.25) is 0 Å². The van der Waals surface area contributed by atoms with Crippen LogP contribution in [0.1, 0.15) is 0 Å². The highest BCUT2D eigenvalue weighted by atomic mass is 15.2. The lowest BCUT2D eigenvalue weighted by Crippen LogP contribution is -2.05. The van der Waals surface area contributed by atoms with E-state index in [9.17, 15) is 0 Å². The van der Waals surface area contributed by atoms with Crippen molar-refractivity contribution in [3.63, 3.8) is 0 Å². The third kappa shape index (κ3) is 1.88. The molecule has 7 heteroatoms. The lowest BCUT2D eigenvalue weighted by molar-refractivity contribution is 0.563. The molecule has 0 aliphatic heterocycles. The second-order valence-electron chi connectivity index (χ2n) is 3.64. The molecule has 0 aliphatic carbocycles. The molecule has 17 heavy (non-hydrogen) atoms. The topological polar surface area (TPSA) is 96.7 Å². The van der Waals surface area contributed by atoms with Crippen molar-refractivity contribution >= 4 is 22.7 Å². The van der Waals surface area contributed by atoms with Crippen molar-refractivity contribution in [2.45, 2.75) is 0 Å². The maximum Gasteiger partial charge on any atom is 0.170 e. The lowest BCUT2D eigenvalue weighted by atomic mass is 10.4. The van der Waals surface area contributed by atoms with Crippen molar-refractivity contribution in [1.29, 1.82) is 5.26 Å². The van der Waals surface area contributed by atoms with E-state index in [1.54, 1.807) is 15.7 Å². The van der Waals surface area contributed by atoms with Crippen LogP contribution in [0, 0.1) is 11.3 Å². The Bertz CT molecular complexity index is 617. The van der Waals surface area contributed by atoms with E-state index >= 15 is 0 Å². The first-order valence-corrected chi connectivity index (χ1v) is 4.85. The molecule has 86 valence electrons. The first-order chi connectivity index (χ1) is 8.13. The molecule has 2 rings (SSSR count). The van der Waals surface area contributed by atoms with Crippen LogP contribution < -0.4 is 5.73 Å². The van der Waals surface area contributed by atoms with Gasteiger partial charge in [0.15, 0.2) is 17.0 Å². The van der Waals surface area contributed by atoms with Gasteiger partial charge in [-0.1, -0.05) is 0 Å². The van der Waals surface area contributed by atoms with Crippen molar-refractivity contribution in [3.8, 4) is 6.07 Å². The number of hydrogen-bond acceptors (Lipinski definition) is 6. The fraction of sp³-hybridized carbons (Fsp3) is 0.200. The van der Waals surface area contributed by atoms with Crippen LogP contribution in [0.2, 0.25) is 0 Å². The Kier molecular flexibility index (Phi) is 2.62. The third-order valence-corrected chi connectivity index (χ3v) is 2.12. The summed E-state index contributed by atoms with van der Waals surface area (Å²) in [5, 5.41) is 9.11. The van der Waals surface area contributed by atoms with Crippen LogP contribution in [0.4, 0.5) is 5.82 Å². The molecule has 0 aromatic carbocycles.